The van der Waals surface area contributed by atoms with Crippen LogP contribution in [0.15, 0.2) is 18.2 Å². The summed E-state index contributed by atoms with van der Waals surface area (Å²) in [5, 5.41) is 5.39. The van der Waals surface area contributed by atoms with E-state index in [1.54, 1.807) is 32.0 Å². The Balaban J connectivity index is 1.81. The number of rotatable bonds is 8. The average Bonchev–Trinajstić information content (AvgIpc) is 2.63. The van der Waals surface area contributed by atoms with Crippen LogP contribution in [0.4, 0.5) is 11.4 Å². The Hall–Kier alpha value is -2.09. The molecule has 0 bridgehead atoms. The van der Waals surface area contributed by atoms with Gasteiger partial charge < -0.3 is 10.6 Å². The van der Waals surface area contributed by atoms with Gasteiger partial charge in [-0.3, -0.25) is 14.3 Å². The number of nitrogens with one attached hydrogen (secondary N) is 3. The molecule has 1 saturated carbocycles. The predicted octanol–water partition coefficient (Wildman–Crippen LogP) is 2.78. The Kier molecular flexibility index (Phi) is 7.65. The Morgan fingerprint density at radius 1 is 1.11 bits per heavy atom. The fourth-order valence-corrected chi connectivity index (χ4v) is 3.91. The Morgan fingerprint density at radius 3 is 2.44 bits per heavy atom. The predicted molar refractivity (Wildman–Crippen MR) is 107 cm³/mol. The summed E-state index contributed by atoms with van der Waals surface area (Å²) in [4.78, 5) is 24.0. The highest BCUT2D eigenvalue weighted by atomic mass is 32.2. The summed E-state index contributed by atoms with van der Waals surface area (Å²) in [7, 11) is -3.35. The second-order valence-electron chi connectivity index (χ2n) is 7.07. The molecule has 7 nitrogen and oxygen atoms in total. The number of benzene rings is 1. The fraction of sp³-hybridized carbons (Fsp3) is 0.579. The molecule has 1 aromatic carbocycles. The van der Waals surface area contributed by atoms with Gasteiger partial charge in [0.1, 0.15) is 0 Å². The molecule has 1 aromatic rings. The number of hydrogen-bond acceptors (Lipinski definition) is 4. The number of anilines is 2. The van der Waals surface area contributed by atoms with Crippen LogP contribution in [-0.4, -0.2) is 32.5 Å². The number of hydrogen-bond donors (Lipinski definition) is 3. The summed E-state index contributed by atoms with van der Waals surface area (Å²) in [6, 6.07) is 4.93. The molecule has 0 radical (unpaired) electrons. The molecule has 2 rings (SSSR count). The van der Waals surface area contributed by atoms with Crippen LogP contribution in [0.2, 0.25) is 0 Å². The van der Waals surface area contributed by atoms with Crippen LogP contribution in [0.25, 0.3) is 0 Å². The second-order valence-corrected chi connectivity index (χ2v) is 9.08. The van der Waals surface area contributed by atoms with Crippen LogP contribution in [0.5, 0.6) is 0 Å². The van der Waals surface area contributed by atoms with Crippen molar-refractivity contribution in [2.45, 2.75) is 52.4 Å². The van der Waals surface area contributed by atoms with E-state index in [2.05, 4.69) is 15.4 Å². The molecule has 0 spiro atoms. The van der Waals surface area contributed by atoms with Crippen molar-refractivity contribution < 1.29 is 18.0 Å². The van der Waals surface area contributed by atoms with Crippen LogP contribution in [0.1, 0.15) is 51.0 Å². The maximum Gasteiger partial charge on any atom is 0.243 e. The minimum absolute atomic E-state index is 0.00845. The zero-order valence-electron chi connectivity index (χ0n) is 16.0. The van der Waals surface area contributed by atoms with Crippen LogP contribution >= 0.6 is 0 Å². The van der Waals surface area contributed by atoms with E-state index in [9.17, 15) is 18.0 Å². The Labute approximate surface area is 161 Å². The second kappa shape index (κ2) is 9.73. The van der Waals surface area contributed by atoms with E-state index in [4.69, 9.17) is 0 Å². The lowest BCUT2D eigenvalue weighted by molar-refractivity contribution is -0.125. The van der Waals surface area contributed by atoms with E-state index in [1.807, 2.05) is 0 Å². The molecular formula is C19H29N3O4S. The van der Waals surface area contributed by atoms with Crippen molar-refractivity contribution in [1.29, 1.82) is 0 Å². The van der Waals surface area contributed by atoms with Crippen molar-refractivity contribution in [2.75, 3.05) is 22.3 Å². The molecule has 0 heterocycles. The zero-order chi connectivity index (χ0) is 19.9. The topological polar surface area (TPSA) is 104 Å². The monoisotopic (exact) mass is 395 g/mol. The minimum Gasteiger partial charge on any atom is -0.347 e. The van der Waals surface area contributed by atoms with Gasteiger partial charge in [-0.1, -0.05) is 19.3 Å². The van der Waals surface area contributed by atoms with Gasteiger partial charge in [0.15, 0.2) is 0 Å². The molecular weight excluding hydrogens is 366 g/mol. The first-order chi connectivity index (χ1) is 12.8. The molecule has 0 saturated heterocycles. The number of amides is 2. The van der Waals surface area contributed by atoms with Gasteiger partial charge in [-0.2, -0.15) is 0 Å². The highest BCUT2D eigenvalue weighted by molar-refractivity contribution is 7.92. The molecule has 2 amide bonds. The lowest BCUT2D eigenvalue weighted by Crippen LogP contribution is -2.34. The van der Waals surface area contributed by atoms with Gasteiger partial charge in [0.2, 0.25) is 21.8 Å². The standard InChI is InChI=1S/C19H29N3O4S/c1-3-27(25,26)22-17-10-9-16(11-14(17)2)21-19(24)13-20-18(23)12-15-7-5-4-6-8-15/h9-11,15,22H,3-8,12-13H2,1-2H3,(H,20,23)(H,21,24). The van der Waals surface area contributed by atoms with E-state index in [-0.39, 0.29) is 24.1 Å². The van der Waals surface area contributed by atoms with E-state index in [0.717, 1.165) is 12.8 Å². The number of carbonyl (C=O) groups is 2. The normalized spacial score (nSPS) is 15.2. The lowest BCUT2D eigenvalue weighted by Gasteiger charge is -2.20. The van der Waals surface area contributed by atoms with Crippen molar-refractivity contribution >= 4 is 33.2 Å². The molecule has 1 aliphatic carbocycles. The Morgan fingerprint density at radius 2 is 1.81 bits per heavy atom. The molecule has 1 aliphatic rings. The number of sulfonamides is 1. The summed E-state index contributed by atoms with van der Waals surface area (Å²) < 4.78 is 25.8. The van der Waals surface area contributed by atoms with E-state index < -0.39 is 10.0 Å². The summed E-state index contributed by atoms with van der Waals surface area (Å²) in [6.45, 7) is 3.25. The summed E-state index contributed by atoms with van der Waals surface area (Å²) in [6.07, 6.45) is 6.28. The number of carbonyl (C=O) groups excluding carboxylic acids is 2. The van der Waals surface area contributed by atoms with Crippen LogP contribution in [0.3, 0.4) is 0 Å². The van der Waals surface area contributed by atoms with Crippen molar-refractivity contribution in [3.63, 3.8) is 0 Å². The highest BCUT2D eigenvalue weighted by Crippen LogP contribution is 2.26. The summed E-state index contributed by atoms with van der Waals surface area (Å²) in [5.41, 5.74) is 1.74. The molecule has 8 heteroatoms. The van der Waals surface area contributed by atoms with Crippen molar-refractivity contribution in [1.82, 2.24) is 5.32 Å². The van der Waals surface area contributed by atoms with Gasteiger partial charge >= 0.3 is 0 Å². The molecule has 150 valence electrons. The maximum atomic E-state index is 12.0. The molecule has 0 atom stereocenters. The van der Waals surface area contributed by atoms with Gasteiger partial charge in [-0.05, 0) is 56.4 Å². The molecule has 0 aliphatic heterocycles. The molecule has 3 N–H and O–H groups in total. The minimum atomic E-state index is -3.35. The van der Waals surface area contributed by atoms with Crippen molar-refractivity contribution in [3.05, 3.63) is 23.8 Å². The SMILES string of the molecule is CCS(=O)(=O)Nc1ccc(NC(=O)CNC(=O)CC2CCCCC2)cc1C. The van der Waals surface area contributed by atoms with Gasteiger partial charge in [0.05, 0.1) is 18.0 Å². The van der Waals surface area contributed by atoms with Crippen LogP contribution in [-0.2, 0) is 19.6 Å². The molecule has 0 unspecified atom stereocenters. The smallest absolute Gasteiger partial charge is 0.243 e. The first kappa shape index (κ1) is 21.2. The Bertz CT molecular complexity index is 771. The maximum absolute atomic E-state index is 12.0. The van der Waals surface area contributed by atoms with E-state index >= 15 is 0 Å². The molecule has 27 heavy (non-hydrogen) atoms. The van der Waals surface area contributed by atoms with Crippen LogP contribution in [0, 0.1) is 12.8 Å². The summed E-state index contributed by atoms with van der Waals surface area (Å²) in [5.74, 6) is 0.0283. The molecule has 0 aromatic heterocycles. The lowest BCUT2D eigenvalue weighted by atomic mass is 9.87. The van der Waals surface area contributed by atoms with Crippen molar-refractivity contribution in [3.8, 4) is 0 Å². The van der Waals surface area contributed by atoms with E-state index in [1.165, 1.54) is 19.3 Å². The first-order valence-corrected chi connectivity index (χ1v) is 11.1. The van der Waals surface area contributed by atoms with Crippen LogP contribution < -0.4 is 15.4 Å². The van der Waals surface area contributed by atoms with Crippen molar-refractivity contribution in [2.24, 2.45) is 5.92 Å². The van der Waals surface area contributed by atoms with Gasteiger partial charge in [-0.25, -0.2) is 8.42 Å². The van der Waals surface area contributed by atoms with Gasteiger partial charge in [-0.15, -0.1) is 0 Å². The van der Waals surface area contributed by atoms with Gasteiger partial charge in [0.25, 0.3) is 0 Å². The fourth-order valence-electron chi connectivity index (χ4n) is 3.21. The largest absolute Gasteiger partial charge is 0.347 e. The van der Waals surface area contributed by atoms with E-state index in [0.29, 0.717) is 29.3 Å². The third-order valence-corrected chi connectivity index (χ3v) is 6.09. The highest BCUT2D eigenvalue weighted by Gasteiger charge is 2.17. The first-order valence-electron chi connectivity index (χ1n) is 9.46. The third kappa shape index (κ3) is 7.21. The third-order valence-electron chi connectivity index (χ3n) is 4.80. The summed E-state index contributed by atoms with van der Waals surface area (Å²) >= 11 is 0. The number of aryl methyl sites for hydroxylation is 1. The molecule has 1 fully saturated rings. The average molecular weight is 396 g/mol. The van der Waals surface area contributed by atoms with Gasteiger partial charge in [0, 0.05) is 12.1 Å². The zero-order valence-corrected chi connectivity index (χ0v) is 16.8. The quantitative estimate of drug-likeness (QED) is 0.629.